The van der Waals surface area contributed by atoms with Crippen molar-refractivity contribution in [3.05, 3.63) is 30.1 Å². The van der Waals surface area contributed by atoms with Crippen LogP contribution in [0.1, 0.15) is 64.6 Å². The fourth-order valence-electron chi connectivity index (χ4n) is 3.56. The van der Waals surface area contributed by atoms with Gasteiger partial charge in [-0.1, -0.05) is 39.7 Å². The van der Waals surface area contributed by atoms with Gasteiger partial charge in [-0.3, -0.25) is 9.88 Å². The largest absolute Gasteiger partial charge is 0.326 e. The number of hydrogen-bond acceptors (Lipinski definition) is 3. The molecule has 3 heteroatoms. The van der Waals surface area contributed by atoms with Crippen molar-refractivity contribution in [2.45, 2.75) is 71.0 Å². The molecule has 118 valence electrons. The van der Waals surface area contributed by atoms with Gasteiger partial charge in [0.05, 0.1) is 11.7 Å². The summed E-state index contributed by atoms with van der Waals surface area (Å²) in [5.74, 6) is 0.654. The highest BCUT2D eigenvalue weighted by atomic mass is 15.2. The third-order valence-electron chi connectivity index (χ3n) is 4.59. The molecule has 0 bridgehead atoms. The van der Waals surface area contributed by atoms with Gasteiger partial charge in [0.15, 0.2) is 0 Å². The van der Waals surface area contributed by atoms with Crippen LogP contribution in [-0.2, 0) is 0 Å². The van der Waals surface area contributed by atoms with Crippen LogP contribution >= 0.6 is 0 Å². The second kappa shape index (κ2) is 7.90. The highest BCUT2D eigenvalue weighted by Crippen LogP contribution is 2.33. The fraction of sp³-hybridized carbons (Fsp3) is 0.722. The van der Waals surface area contributed by atoms with Gasteiger partial charge >= 0.3 is 0 Å². The molecule has 0 spiro atoms. The molecule has 0 aromatic carbocycles. The summed E-state index contributed by atoms with van der Waals surface area (Å²) in [4.78, 5) is 7.29. The lowest BCUT2D eigenvalue weighted by atomic mass is 9.96. The first-order chi connectivity index (χ1) is 10.1. The lowest BCUT2D eigenvalue weighted by Gasteiger charge is -2.40. The Morgan fingerprint density at radius 2 is 2.00 bits per heavy atom. The standard InChI is InChI=1S/C18H31N3/c1-4-16(19)18(17-11-7-8-12-20-17)21(13-14(2)3)15-9-5-6-10-15/h7-8,11-12,14-16,18H,4-6,9-10,13,19H2,1-3H3. The maximum absolute atomic E-state index is 6.51. The van der Waals surface area contributed by atoms with Crippen molar-refractivity contribution >= 4 is 0 Å². The predicted molar refractivity (Wildman–Crippen MR) is 89.0 cm³/mol. The molecule has 2 rings (SSSR count). The van der Waals surface area contributed by atoms with Crippen LogP contribution in [0, 0.1) is 5.92 Å². The highest BCUT2D eigenvalue weighted by molar-refractivity contribution is 5.12. The van der Waals surface area contributed by atoms with Gasteiger partial charge in [-0.25, -0.2) is 0 Å². The topological polar surface area (TPSA) is 42.1 Å². The van der Waals surface area contributed by atoms with E-state index in [0.29, 0.717) is 12.0 Å². The van der Waals surface area contributed by atoms with E-state index in [0.717, 1.165) is 18.7 Å². The highest BCUT2D eigenvalue weighted by Gasteiger charge is 2.33. The van der Waals surface area contributed by atoms with Crippen molar-refractivity contribution in [1.82, 2.24) is 9.88 Å². The van der Waals surface area contributed by atoms with Gasteiger partial charge in [0.2, 0.25) is 0 Å². The molecule has 2 N–H and O–H groups in total. The monoisotopic (exact) mass is 289 g/mol. The molecule has 0 radical (unpaired) electrons. The van der Waals surface area contributed by atoms with Crippen molar-refractivity contribution in [1.29, 1.82) is 0 Å². The zero-order valence-electron chi connectivity index (χ0n) is 13.8. The summed E-state index contributed by atoms with van der Waals surface area (Å²) >= 11 is 0. The van der Waals surface area contributed by atoms with Gasteiger partial charge < -0.3 is 5.73 Å². The number of nitrogens with two attached hydrogens (primary N) is 1. The van der Waals surface area contributed by atoms with Crippen LogP contribution in [0.2, 0.25) is 0 Å². The molecule has 1 aromatic heterocycles. The average Bonchev–Trinajstić information content (AvgIpc) is 3.01. The summed E-state index contributed by atoms with van der Waals surface area (Å²) in [6.45, 7) is 7.90. The van der Waals surface area contributed by atoms with E-state index in [1.807, 2.05) is 12.3 Å². The Kier molecular flexibility index (Phi) is 6.19. The van der Waals surface area contributed by atoms with Gasteiger partial charge in [-0.15, -0.1) is 0 Å². The SMILES string of the molecule is CCC(N)C(c1ccccn1)N(CC(C)C)C1CCCC1. The molecule has 1 aliphatic rings. The number of pyridine rings is 1. The summed E-state index contributed by atoms with van der Waals surface area (Å²) in [7, 11) is 0. The number of rotatable bonds is 7. The zero-order valence-corrected chi connectivity index (χ0v) is 13.8. The molecule has 1 saturated carbocycles. The van der Waals surface area contributed by atoms with Gasteiger partial charge in [0.25, 0.3) is 0 Å². The molecule has 2 atom stereocenters. The molecule has 0 aliphatic heterocycles. The second-order valence-electron chi connectivity index (χ2n) is 6.80. The number of hydrogen-bond donors (Lipinski definition) is 1. The molecule has 21 heavy (non-hydrogen) atoms. The van der Waals surface area contributed by atoms with Gasteiger partial charge in [-0.2, -0.15) is 0 Å². The first kappa shape index (κ1) is 16.4. The van der Waals surface area contributed by atoms with Crippen LogP contribution in [0.4, 0.5) is 0 Å². The van der Waals surface area contributed by atoms with E-state index in [9.17, 15) is 0 Å². The average molecular weight is 289 g/mol. The smallest absolute Gasteiger partial charge is 0.0676 e. The molecule has 3 nitrogen and oxygen atoms in total. The normalized spacial score (nSPS) is 19.3. The van der Waals surface area contributed by atoms with E-state index >= 15 is 0 Å². The maximum Gasteiger partial charge on any atom is 0.0676 e. The number of nitrogens with zero attached hydrogens (tertiary/aromatic N) is 2. The predicted octanol–water partition coefficient (Wildman–Crippen LogP) is 3.76. The fourth-order valence-corrected chi connectivity index (χ4v) is 3.56. The van der Waals surface area contributed by atoms with E-state index in [4.69, 9.17) is 5.73 Å². The van der Waals surface area contributed by atoms with Crippen molar-refractivity contribution in [2.75, 3.05) is 6.54 Å². The minimum Gasteiger partial charge on any atom is -0.326 e. The Bertz CT molecular complexity index is 398. The van der Waals surface area contributed by atoms with Crippen LogP contribution < -0.4 is 5.73 Å². The van der Waals surface area contributed by atoms with Crippen LogP contribution in [0.5, 0.6) is 0 Å². The quantitative estimate of drug-likeness (QED) is 0.831. The van der Waals surface area contributed by atoms with E-state index in [2.05, 4.69) is 42.8 Å². The summed E-state index contributed by atoms with van der Waals surface area (Å²) in [5, 5.41) is 0. The third-order valence-corrected chi connectivity index (χ3v) is 4.59. The summed E-state index contributed by atoms with van der Waals surface area (Å²) in [5.41, 5.74) is 7.65. The van der Waals surface area contributed by atoms with E-state index in [1.165, 1.54) is 25.7 Å². The third kappa shape index (κ3) is 4.27. The molecular weight excluding hydrogens is 258 g/mol. The Morgan fingerprint density at radius 1 is 1.29 bits per heavy atom. The van der Waals surface area contributed by atoms with Crippen LogP contribution in [0.3, 0.4) is 0 Å². The maximum atomic E-state index is 6.51. The molecular formula is C18H31N3. The molecule has 2 unspecified atom stereocenters. The van der Waals surface area contributed by atoms with E-state index in [-0.39, 0.29) is 12.1 Å². The molecule has 0 amide bonds. The van der Waals surface area contributed by atoms with Crippen LogP contribution in [-0.4, -0.2) is 28.5 Å². The zero-order chi connectivity index (χ0) is 15.2. The lowest BCUT2D eigenvalue weighted by Crippen LogP contribution is -2.47. The molecule has 0 saturated heterocycles. The van der Waals surface area contributed by atoms with Crippen molar-refractivity contribution in [2.24, 2.45) is 11.7 Å². The minimum absolute atomic E-state index is 0.152. The van der Waals surface area contributed by atoms with Crippen molar-refractivity contribution < 1.29 is 0 Å². The van der Waals surface area contributed by atoms with Crippen molar-refractivity contribution in [3.8, 4) is 0 Å². The second-order valence-corrected chi connectivity index (χ2v) is 6.80. The molecule has 1 aliphatic carbocycles. The Morgan fingerprint density at radius 3 is 2.52 bits per heavy atom. The van der Waals surface area contributed by atoms with E-state index in [1.54, 1.807) is 0 Å². The molecule has 1 heterocycles. The lowest BCUT2D eigenvalue weighted by molar-refractivity contribution is 0.0964. The Labute approximate surface area is 129 Å². The Hall–Kier alpha value is -0.930. The van der Waals surface area contributed by atoms with Crippen molar-refractivity contribution in [3.63, 3.8) is 0 Å². The first-order valence-corrected chi connectivity index (χ1v) is 8.55. The van der Waals surface area contributed by atoms with Crippen LogP contribution in [0.15, 0.2) is 24.4 Å². The summed E-state index contributed by atoms with van der Waals surface area (Å²) in [6, 6.07) is 7.29. The number of aromatic nitrogens is 1. The summed E-state index contributed by atoms with van der Waals surface area (Å²) in [6.07, 6.45) is 8.22. The van der Waals surface area contributed by atoms with E-state index < -0.39 is 0 Å². The molecule has 1 aromatic rings. The Balaban J connectivity index is 2.29. The summed E-state index contributed by atoms with van der Waals surface area (Å²) < 4.78 is 0. The first-order valence-electron chi connectivity index (χ1n) is 8.55. The van der Waals surface area contributed by atoms with Crippen LogP contribution in [0.25, 0.3) is 0 Å². The molecule has 1 fully saturated rings. The van der Waals surface area contributed by atoms with Gasteiger partial charge in [-0.05, 0) is 37.3 Å². The van der Waals surface area contributed by atoms with Gasteiger partial charge in [0, 0.05) is 24.8 Å². The van der Waals surface area contributed by atoms with Gasteiger partial charge in [0.1, 0.15) is 0 Å². The minimum atomic E-state index is 0.152.